The van der Waals surface area contributed by atoms with E-state index < -0.39 is 10.8 Å². The quantitative estimate of drug-likeness (QED) is 0.851. The van der Waals surface area contributed by atoms with Gasteiger partial charge in [0.2, 0.25) is 0 Å². The first-order valence-electron chi connectivity index (χ1n) is 7.40. The molecule has 0 aliphatic rings. The normalized spacial score (nSPS) is 13.6. The molecule has 22 heavy (non-hydrogen) atoms. The number of aryl methyl sites for hydroxylation is 1. The van der Waals surface area contributed by atoms with Crippen molar-refractivity contribution in [2.24, 2.45) is 0 Å². The minimum atomic E-state index is -0.916. The lowest BCUT2D eigenvalue weighted by molar-refractivity contribution is 0.272. The molecule has 0 aromatic heterocycles. The van der Waals surface area contributed by atoms with Crippen LogP contribution in [0, 0.1) is 6.92 Å². The van der Waals surface area contributed by atoms with Gasteiger partial charge in [0.15, 0.2) is 0 Å². The molecule has 2 aromatic rings. The third-order valence-corrected chi connectivity index (χ3v) is 4.37. The first kappa shape index (κ1) is 16.7. The van der Waals surface area contributed by atoms with Gasteiger partial charge in [-0.2, -0.15) is 0 Å². The van der Waals surface area contributed by atoms with Gasteiger partial charge >= 0.3 is 0 Å². The Balaban J connectivity index is 1.76. The van der Waals surface area contributed by atoms with E-state index in [0.29, 0.717) is 6.61 Å². The van der Waals surface area contributed by atoms with Gasteiger partial charge in [0.25, 0.3) is 0 Å². The van der Waals surface area contributed by atoms with E-state index in [1.54, 1.807) is 6.26 Å². The molecule has 0 fully saturated rings. The first-order chi connectivity index (χ1) is 10.5. The second-order valence-corrected chi connectivity index (χ2v) is 6.88. The molecule has 0 amide bonds. The summed E-state index contributed by atoms with van der Waals surface area (Å²) < 4.78 is 17.1. The van der Waals surface area contributed by atoms with Gasteiger partial charge in [-0.25, -0.2) is 0 Å². The van der Waals surface area contributed by atoms with Gasteiger partial charge in [-0.05, 0) is 43.7 Å². The fraction of sp³-hybridized carbons (Fsp3) is 0.333. The Labute approximate surface area is 135 Å². The highest BCUT2D eigenvalue weighted by molar-refractivity contribution is 7.84. The molecule has 2 atom stereocenters. The molecule has 0 heterocycles. The van der Waals surface area contributed by atoms with Crippen LogP contribution in [0.5, 0.6) is 5.75 Å². The Hall–Kier alpha value is -1.65. The van der Waals surface area contributed by atoms with Crippen LogP contribution in [-0.2, 0) is 17.3 Å². The smallest absolute Gasteiger partial charge is 0.119 e. The van der Waals surface area contributed by atoms with Crippen LogP contribution in [0.1, 0.15) is 18.1 Å². The van der Waals surface area contributed by atoms with E-state index in [1.807, 2.05) is 48.5 Å². The minimum absolute atomic E-state index is 0.251. The summed E-state index contributed by atoms with van der Waals surface area (Å²) in [5.74, 6) is 0.897. The van der Waals surface area contributed by atoms with Crippen LogP contribution in [0.3, 0.4) is 0 Å². The van der Waals surface area contributed by atoms with Gasteiger partial charge < -0.3 is 10.1 Å². The van der Waals surface area contributed by atoms with E-state index in [0.717, 1.165) is 17.2 Å². The Morgan fingerprint density at radius 3 is 2.32 bits per heavy atom. The van der Waals surface area contributed by atoms with Crippen molar-refractivity contribution in [2.45, 2.75) is 31.3 Å². The zero-order chi connectivity index (χ0) is 15.9. The van der Waals surface area contributed by atoms with Crippen LogP contribution in [0.15, 0.2) is 53.4 Å². The van der Waals surface area contributed by atoms with E-state index in [4.69, 9.17) is 4.74 Å². The number of rotatable bonds is 7. The third kappa shape index (κ3) is 5.28. The molecule has 0 unspecified atom stereocenters. The van der Waals surface area contributed by atoms with E-state index in [1.165, 1.54) is 11.1 Å². The Morgan fingerprint density at radius 1 is 1.09 bits per heavy atom. The van der Waals surface area contributed by atoms with Crippen molar-refractivity contribution in [2.75, 3.05) is 12.9 Å². The number of benzene rings is 2. The van der Waals surface area contributed by atoms with Gasteiger partial charge in [-0.3, -0.25) is 4.21 Å². The van der Waals surface area contributed by atoms with Gasteiger partial charge in [-0.1, -0.05) is 29.8 Å². The van der Waals surface area contributed by atoms with Crippen molar-refractivity contribution in [1.29, 1.82) is 0 Å². The Bertz CT molecular complexity index is 608. The molecule has 3 nitrogen and oxygen atoms in total. The summed E-state index contributed by atoms with van der Waals surface area (Å²) in [4.78, 5) is 0.861. The lowest BCUT2D eigenvalue weighted by atomic mass is 10.2. The number of hydrogen-bond acceptors (Lipinski definition) is 3. The van der Waals surface area contributed by atoms with Crippen molar-refractivity contribution in [3.63, 3.8) is 0 Å². The zero-order valence-corrected chi connectivity index (χ0v) is 14.2. The van der Waals surface area contributed by atoms with Gasteiger partial charge in [0.1, 0.15) is 12.4 Å². The summed E-state index contributed by atoms with van der Waals surface area (Å²) in [6.07, 6.45) is 1.69. The molecule has 118 valence electrons. The lowest BCUT2D eigenvalue weighted by Gasteiger charge is -2.15. The van der Waals surface area contributed by atoms with Crippen molar-refractivity contribution in [3.8, 4) is 5.75 Å². The summed E-state index contributed by atoms with van der Waals surface area (Å²) in [5, 5.41) is 3.43. The summed E-state index contributed by atoms with van der Waals surface area (Å²) >= 11 is 0. The molecule has 0 bridgehead atoms. The van der Waals surface area contributed by atoms with Crippen molar-refractivity contribution < 1.29 is 8.95 Å². The van der Waals surface area contributed by atoms with E-state index in [9.17, 15) is 4.21 Å². The lowest BCUT2D eigenvalue weighted by Crippen LogP contribution is -2.31. The molecular formula is C18H23NO2S. The summed E-state index contributed by atoms with van der Waals surface area (Å²) in [6.45, 7) is 5.56. The molecule has 0 saturated heterocycles. The first-order valence-corrected chi connectivity index (χ1v) is 8.95. The van der Waals surface area contributed by atoms with Crippen LogP contribution >= 0.6 is 0 Å². The van der Waals surface area contributed by atoms with Crippen molar-refractivity contribution in [3.05, 3.63) is 59.7 Å². The molecule has 4 heteroatoms. The van der Waals surface area contributed by atoms with E-state index in [-0.39, 0.29) is 6.04 Å². The number of ether oxygens (including phenoxy) is 1. The molecule has 0 radical (unpaired) electrons. The maximum absolute atomic E-state index is 11.3. The van der Waals surface area contributed by atoms with E-state index >= 15 is 0 Å². The maximum Gasteiger partial charge on any atom is 0.119 e. The zero-order valence-electron chi connectivity index (χ0n) is 13.3. The van der Waals surface area contributed by atoms with Gasteiger partial charge in [-0.15, -0.1) is 0 Å². The molecule has 0 aliphatic carbocycles. The summed E-state index contributed by atoms with van der Waals surface area (Å²) in [7, 11) is -0.916. The molecular weight excluding hydrogens is 294 g/mol. The summed E-state index contributed by atoms with van der Waals surface area (Å²) in [6, 6.07) is 16.2. The fourth-order valence-electron chi connectivity index (χ4n) is 2.01. The largest absolute Gasteiger partial charge is 0.492 e. The minimum Gasteiger partial charge on any atom is -0.492 e. The standard InChI is InChI=1S/C18H23NO2S/c1-14-4-8-17(9-5-14)21-13-15(2)19-12-16-6-10-18(11-7-16)22(3)20/h4-11,15,19H,12-13H2,1-3H3/t15-,22-/m1/s1. The van der Waals surface area contributed by atoms with Crippen LogP contribution in [0.2, 0.25) is 0 Å². The monoisotopic (exact) mass is 317 g/mol. The molecule has 0 spiro atoms. The van der Waals surface area contributed by atoms with Crippen LogP contribution in [0.25, 0.3) is 0 Å². The highest BCUT2D eigenvalue weighted by atomic mass is 32.2. The number of hydrogen-bond donors (Lipinski definition) is 1. The van der Waals surface area contributed by atoms with Gasteiger partial charge in [0, 0.05) is 34.5 Å². The van der Waals surface area contributed by atoms with E-state index in [2.05, 4.69) is 19.2 Å². The average Bonchev–Trinajstić information content (AvgIpc) is 2.52. The topological polar surface area (TPSA) is 38.3 Å². The molecule has 0 saturated carbocycles. The van der Waals surface area contributed by atoms with Crippen LogP contribution < -0.4 is 10.1 Å². The second-order valence-electron chi connectivity index (χ2n) is 5.50. The van der Waals surface area contributed by atoms with Gasteiger partial charge in [0.05, 0.1) is 0 Å². The molecule has 0 aliphatic heterocycles. The SMILES string of the molecule is Cc1ccc(OC[C@@H](C)NCc2ccc([S@@](C)=O)cc2)cc1. The Morgan fingerprint density at radius 2 is 1.73 bits per heavy atom. The maximum atomic E-state index is 11.3. The van der Waals surface area contributed by atoms with Crippen molar-refractivity contribution in [1.82, 2.24) is 5.32 Å². The number of nitrogens with one attached hydrogen (secondary N) is 1. The molecule has 2 rings (SSSR count). The molecule has 1 N–H and O–H groups in total. The highest BCUT2D eigenvalue weighted by Gasteiger charge is 2.04. The second kappa shape index (κ2) is 8.11. The van der Waals surface area contributed by atoms with Crippen LogP contribution in [0.4, 0.5) is 0 Å². The van der Waals surface area contributed by atoms with Crippen molar-refractivity contribution >= 4 is 10.8 Å². The fourth-order valence-corrected chi connectivity index (χ4v) is 2.53. The predicted molar refractivity (Wildman–Crippen MR) is 91.8 cm³/mol. The highest BCUT2D eigenvalue weighted by Crippen LogP contribution is 2.12. The third-order valence-electron chi connectivity index (χ3n) is 3.43. The average molecular weight is 317 g/mol. The predicted octanol–water partition coefficient (Wildman–Crippen LogP) is 3.29. The Kier molecular flexibility index (Phi) is 6.16. The summed E-state index contributed by atoms with van der Waals surface area (Å²) in [5.41, 5.74) is 2.41. The molecule has 2 aromatic carbocycles. The van der Waals surface area contributed by atoms with Crippen LogP contribution in [-0.4, -0.2) is 23.1 Å².